The van der Waals surface area contributed by atoms with Gasteiger partial charge in [0.15, 0.2) is 4.80 Å². The Morgan fingerprint density at radius 3 is 2.61 bits per heavy atom. The zero-order chi connectivity index (χ0) is 29.3. The number of fused-ring (bicyclic) bond motifs is 1. The normalized spacial score (nSPS) is 14.8. The molecule has 210 valence electrons. The largest absolute Gasteiger partial charge is 0.496 e. The third kappa shape index (κ3) is 5.05. The lowest BCUT2D eigenvalue weighted by atomic mass is 9.95. The molecular weight excluding hydrogens is 550 g/mol. The number of furan rings is 1. The molecule has 2 aromatic heterocycles. The summed E-state index contributed by atoms with van der Waals surface area (Å²) >= 11 is 1.16. The van der Waals surface area contributed by atoms with Crippen molar-refractivity contribution in [2.75, 3.05) is 20.8 Å². The average Bonchev–Trinajstić information content (AvgIpc) is 3.55. The second-order valence-electron chi connectivity index (χ2n) is 8.89. The molecule has 1 aliphatic heterocycles. The molecule has 12 heteroatoms. The van der Waals surface area contributed by atoms with Crippen LogP contribution >= 0.6 is 11.3 Å². The number of esters is 1. The molecule has 11 nitrogen and oxygen atoms in total. The summed E-state index contributed by atoms with van der Waals surface area (Å²) in [5.41, 5.74) is 1.35. The lowest BCUT2D eigenvalue weighted by Crippen LogP contribution is -2.40. The topological polar surface area (TPSA) is 135 Å². The Morgan fingerprint density at radius 1 is 1.15 bits per heavy atom. The summed E-state index contributed by atoms with van der Waals surface area (Å²) in [4.78, 5) is 42.6. The molecular formula is C29H25N3O8S. The van der Waals surface area contributed by atoms with Crippen LogP contribution in [0.1, 0.15) is 31.2 Å². The molecule has 0 bridgehead atoms. The van der Waals surface area contributed by atoms with E-state index in [-0.39, 0.29) is 29.2 Å². The Hall–Kier alpha value is -4.97. The third-order valence-electron chi connectivity index (χ3n) is 6.51. The minimum atomic E-state index is -0.819. The molecule has 0 radical (unpaired) electrons. The zero-order valence-electron chi connectivity index (χ0n) is 22.6. The molecule has 1 unspecified atom stereocenters. The summed E-state index contributed by atoms with van der Waals surface area (Å²) in [7, 11) is 2.94. The number of nitro groups is 1. The van der Waals surface area contributed by atoms with Crippen molar-refractivity contribution < 1.29 is 28.3 Å². The lowest BCUT2D eigenvalue weighted by Gasteiger charge is -2.25. The number of rotatable bonds is 8. The van der Waals surface area contributed by atoms with Gasteiger partial charge >= 0.3 is 5.97 Å². The van der Waals surface area contributed by atoms with Gasteiger partial charge in [-0.2, -0.15) is 0 Å². The number of allylic oxidation sites excluding steroid dienone is 1. The molecule has 2 aromatic carbocycles. The van der Waals surface area contributed by atoms with E-state index in [0.717, 1.165) is 11.3 Å². The number of hydrogen-bond donors (Lipinski definition) is 0. The lowest BCUT2D eigenvalue weighted by molar-refractivity contribution is -0.384. The summed E-state index contributed by atoms with van der Waals surface area (Å²) in [5.74, 6) is 1.00. The minimum Gasteiger partial charge on any atom is -0.496 e. The Morgan fingerprint density at radius 2 is 1.90 bits per heavy atom. The predicted molar refractivity (Wildman–Crippen MR) is 151 cm³/mol. The number of ether oxygens (including phenoxy) is 3. The highest BCUT2D eigenvalue weighted by atomic mass is 32.1. The third-order valence-corrected chi connectivity index (χ3v) is 7.50. The number of aromatic nitrogens is 1. The summed E-state index contributed by atoms with van der Waals surface area (Å²) in [6.45, 7) is 3.59. The quantitative estimate of drug-likeness (QED) is 0.175. The van der Waals surface area contributed by atoms with Gasteiger partial charge in [-0.05, 0) is 38.1 Å². The zero-order valence-corrected chi connectivity index (χ0v) is 23.4. The van der Waals surface area contributed by atoms with Gasteiger partial charge in [0, 0.05) is 17.7 Å². The van der Waals surface area contributed by atoms with Crippen LogP contribution in [0.5, 0.6) is 11.5 Å². The molecule has 0 N–H and O–H groups in total. The van der Waals surface area contributed by atoms with Crippen molar-refractivity contribution in [1.29, 1.82) is 0 Å². The fourth-order valence-corrected chi connectivity index (χ4v) is 5.71. The van der Waals surface area contributed by atoms with Gasteiger partial charge in [0.1, 0.15) is 29.1 Å². The number of benzene rings is 2. The van der Waals surface area contributed by atoms with Crippen LogP contribution in [-0.2, 0) is 9.53 Å². The van der Waals surface area contributed by atoms with Crippen LogP contribution in [0.3, 0.4) is 0 Å². The molecule has 0 spiro atoms. The number of nitrogens with zero attached hydrogens (tertiary/aromatic N) is 3. The standard InChI is InChI=1S/C29H25N3O8S/c1-5-39-28(34)25-16(2)30-29-31(26(25)20-8-6-7-9-21(20)37-3)27(33)24(41-29)15-18-11-13-22(40-18)19-12-10-17(32(35)36)14-23(19)38-4/h6-15,26H,5H2,1-4H3/b24-15-. The van der Waals surface area contributed by atoms with E-state index in [1.807, 2.05) is 6.07 Å². The molecule has 0 saturated heterocycles. The predicted octanol–water partition coefficient (Wildman–Crippen LogP) is 3.98. The first kappa shape index (κ1) is 27.6. The van der Waals surface area contributed by atoms with Crippen LogP contribution in [-0.4, -0.2) is 36.3 Å². The molecule has 0 aliphatic carbocycles. The Balaban J connectivity index is 1.63. The maximum Gasteiger partial charge on any atom is 0.338 e. The molecule has 41 heavy (non-hydrogen) atoms. The van der Waals surface area contributed by atoms with Crippen molar-refractivity contribution in [2.45, 2.75) is 19.9 Å². The number of carbonyl (C=O) groups is 1. The van der Waals surface area contributed by atoms with E-state index >= 15 is 0 Å². The van der Waals surface area contributed by atoms with Crippen molar-refractivity contribution >= 4 is 29.1 Å². The fourth-order valence-electron chi connectivity index (χ4n) is 4.68. The van der Waals surface area contributed by atoms with Crippen LogP contribution in [0.25, 0.3) is 17.4 Å². The van der Waals surface area contributed by atoms with Crippen molar-refractivity contribution in [1.82, 2.24) is 4.57 Å². The van der Waals surface area contributed by atoms with E-state index in [4.69, 9.17) is 18.6 Å². The minimum absolute atomic E-state index is 0.111. The van der Waals surface area contributed by atoms with Gasteiger partial charge in [0.2, 0.25) is 0 Å². The molecule has 0 fully saturated rings. The van der Waals surface area contributed by atoms with Crippen LogP contribution in [0.2, 0.25) is 0 Å². The first-order valence-corrected chi connectivity index (χ1v) is 13.3. The second kappa shape index (κ2) is 11.3. The number of non-ortho nitro benzene ring substituents is 1. The molecule has 1 atom stereocenters. The molecule has 3 heterocycles. The van der Waals surface area contributed by atoms with Crippen LogP contribution < -0.4 is 24.4 Å². The van der Waals surface area contributed by atoms with E-state index in [1.54, 1.807) is 56.3 Å². The first-order chi connectivity index (χ1) is 19.8. The maximum atomic E-state index is 13.9. The second-order valence-corrected chi connectivity index (χ2v) is 9.90. The van der Waals surface area contributed by atoms with Gasteiger partial charge in [0.25, 0.3) is 11.2 Å². The summed E-state index contributed by atoms with van der Waals surface area (Å²) in [6.07, 6.45) is 1.59. The Bertz CT molecular complexity index is 1880. The van der Waals surface area contributed by atoms with Crippen LogP contribution in [0.15, 0.2) is 80.1 Å². The van der Waals surface area contributed by atoms with Gasteiger partial charge in [0.05, 0.1) is 53.2 Å². The van der Waals surface area contributed by atoms with Gasteiger partial charge in [-0.25, -0.2) is 9.79 Å². The number of nitro benzene ring substituents is 1. The van der Waals surface area contributed by atoms with Gasteiger partial charge < -0.3 is 18.6 Å². The summed E-state index contributed by atoms with van der Waals surface area (Å²) < 4.78 is 24.0. The van der Waals surface area contributed by atoms with Crippen molar-refractivity contribution in [2.24, 2.45) is 4.99 Å². The van der Waals surface area contributed by atoms with E-state index in [2.05, 4.69) is 4.99 Å². The first-order valence-electron chi connectivity index (χ1n) is 12.5. The maximum absolute atomic E-state index is 13.9. The SMILES string of the molecule is CCOC(=O)C1=C(C)N=c2s/c(=C\c3ccc(-c4ccc([N+](=O)[O-])cc4OC)o3)c(=O)n2C1c1ccccc1OC. The molecule has 1 aliphatic rings. The number of carbonyl (C=O) groups excluding carboxylic acids is 1. The Labute approximate surface area is 237 Å². The van der Waals surface area contributed by atoms with E-state index in [9.17, 15) is 19.7 Å². The van der Waals surface area contributed by atoms with E-state index in [1.165, 1.54) is 30.9 Å². The van der Waals surface area contributed by atoms with Gasteiger partial charge in [-0.15, -0.1) is 0 Å². The van der Waals surface area contributed by atoms with Crippen molar-refractivity contribution in [3.8, 4) is 22.8 Å². The van der Waals surface area contributed by atoms with Crippen molar-refractivity contribution in [3.05, 3.63) is 107 Å². The highest BCUT2D eigenvalue weighted by Crippen LogP contribution is 2.36. The molecule has 5 rings (SSSR count). The fraction of sp³-hybridized carbons (Fsp3) is 0.207. The summed E-state index contributed by atoms with van der Waals surface area (Å²) in [6, 6.07) is 13.9. The number of hydrogen-bond acceptors (Lipinski definition) is 10. The van der Waals surface area contributed by atoms with Gasteiger partial charge in [-0.1, -0.05) is 29.5 Å². The highest BCUT2D eigenvalue weighted by molar-refractivity contribution is 7.07. The number of para-hydroxylation sites is 1. The van der Waals surface area contributed by atoms with Crippen LogP contribution in [0, 0.1) is 10.1 Å². The molecule has 0 amide bonds. The monoisotopic (exact) mass is 575 g/mol. The number of thiazole rings is 1. The van der Waals surface area contributed by atoms with E-state index in [0.29, 0.717) is 43.4 Å². The number of methoxy groups -OCH3 is 2. The molecule has 4 aromatic rings. The van der Waals surface area contributed by atoms with Gasteiger partial charge in [-0.3, -0.25) is 19.5 Å². The van der Waals surface area contributed by atoms with Crippen molar-refractivity contribution in [3.63, 3.8) is 0 Å². The average molecular weight is 576 g/mol. The van der Waals surface area contributed by atoms with E-state index < -0.39 is 16.9 Å². The molecule has 0 saturated carbocycles. The highest BCUT2D eigenvalue weighted by Gasteiger charge is 2.35. The van der Waals surface area contributed by atoms with Crippen LogP contribution in [0.4, 0.5) is 5.69 Å². The summed E-state index contributed by atoms with van der Waals surface area (Å²) in [5, 5.41) is 11.1. The smallest absolute Gasteiger partial charge is 0.338 e. The Kier molecular flexibility index (Phi) is 7.58.